The fraction of sp³-hybridized carbons (Fsp3) is 0.308. The number of aliphatic carboxylic acids is 1. The molecule has 6 heteroatoms. The standard InChI is InChI=1S/C13H11F3O3/c1-12(2,11(17)18)10-6-7-5-8(13(14,15)16)3-4-9(7)19-10/h3-6H,1-2H3,(H,17,18). The van der Waals surface area contributed by atoms with E-state index in [2.05, 4.69) is 0 Å². The molecule has 0 saturated heterocycles. The molecule has 3 nitrogen and oxygen atoms in total. The maximum atomic E-state index is 12.6. The summed E-state index contributed by atoms with van der Waals surface area (Å²) in [6.45, 7) is 2.86. The minimum atomic E-state index is -4.44. The number of carboxylic acid groups (broad SMARTS) is 1. The zero-order valence-electron chi connectivity index (χ0n) is 10.2. The van der Waals surface area contributed by atoms with Crippen LogP contribution in [0.3, 0.4) is 0 Å². The van der Waals surface area contributed by atoms with E-state index in [9.17, 15) is 18.0 Å². The lowest BCUT2D eigenvalue weighted by molar-refractivity contribution is -0.143. The SMILES string of the molecule is CC(C)(C(=O)O)c1cc2cc(C(F)(F)F)ccc2o1. The fourth-order valence-electron chi connectivity index (χ4n) is 1.63. The third-order valence-corrected chi connectivity index (χ3v) is 2.99. The summed E-state index contributed by atoms with van der Waals surface area (Å²) in [5, 5.41) is 9.30. The molecule has 2 rings (SSSR count). The zero-order valence-corrected chi connectivity index (χ0v) is 10.2. The largest absolute Gasteiger partial charge is 0.481 e. The number of carboxylic acids is 1. The van der Waals surface area contributed by atoms with Gasteiger partial charge in [0.15, 0.2) is 0 Å². The van der Waals surface area contributed by atoms with Crippen LogP contribution in [0.1, 0.15) is 25.2 Å². The van der Waals surface area contributed by atoms with Crippen LogP contribution in [-0.2, 0) is 16.4 Å². The quantitative estimate of drug-likeness (QED) is 0.904. The molecule has 1 aromatic heterocycles. The van der Waals surface area contributed by atoms with Crippen molar-refractivity contribution in [3.05, 3.63) is 35.6 Å². The van der Waals surface area contributed by atoms with Crippen LogP contribution in [0.2, 0.25) is 0 Å². The number of fused-ring (bicyclic) bond motifs is 1. The predicted molar refractivity (Wildman–Crippen MR) is 61.9 cm³/mol. The Balaban J connectivity index is 2.56. The molecule has 0 aliphatic heterocycles. The number of benzene rings is 1. The molecule has 0 fully saturated rings. The maximum absolute atomic E-state index is 12.6. The molecular weight excluding hydrogens is 261 g/mol. The lowest BCUT2D eigenvalue weighted by Crippen LogP contribution is -2.27. The molecule has 0 atom stereocenters. The molecule has 19 heavy (non-hydrogen) atoms. The Hall–Kier alpha value is -1.98. The average molecular weight is 272 g/mol. The monoisotopic (exact) mass is 272 g/mol. The Morgan fingerprint density at radius 2 is 1.84 bits per heavy atom. The molecule has 0 bridgehead atoms. The normalized spacial score (nSPS) is 12.9. The highest BCUT2D eigenvalue weighted by Gasteiger charge is 2.34. The van der Waals surface area contributed by atoms with E-state index in [0.29, 0.717) is 0 Å². The molecule has 2 aromatic rings. The first-order chi connectivity index (χ1) is 8.62. The van der Waals surface area contributed by atoms with Gasteiger partial charge in [-0.1, -0.05) is 0 Å². The first kappa shape index (κ1) is 13.5. The Bertz CT molecular complexity index is 638. The van der Waals surface area contributed by atoms with Crippen LogP contribution in [-0.4, -0.2) is 11.1 Å². The number of halogens is 3. The van der Waals surface area contributed by atoms with Gasteiger partial charge in [-0.25, -0.2) is 0 Å². The van der Waals surface area contributed by atoms with E-state index in [4.69, 9.17) is 9.52 Å². The third kappa shape index (κ3) is 2.30. The van der Waals surface area contributed by atoms with Crippen LogP contribution in [0.4, 0.5) is 13.2 Å². The second-order valence-corrected chi connectivity index (χ2v) is 4.79. The molecule has 1 aromatic carbocycles. The zero-order chi connectivity index (χ0) is 14.4. The van der Waals surface area contributed by atoms with Crippen molar-refractivity contribution in [3.63, 3.8) is 0 Å². The summed E-state index contributed by atoms with van der Waals surface area (Å²) in [6, 6.07) is 4.38. The number of alkyl halides is 3. The summed E-state index contributed by atoms with van der Waals surface area (Å²) in [7, 11) is 0. The number of hydrogen-bond acceptors (Lipinski definition) is 2. The van der Waals surface area contributed by atoms with E-state index >= 15 is 0 Å². The Morgan fingerprint density at radius 3 is 2.37 bits per heavy atom. The van der Waals surface area contributed by atoms with Gasteiger partial charge in [0.1, 0.15) is 16.8 Å². The summed E-state index contributed by atoms with van der Waals surface area (Å²) in [5.74, 6) is -0.989. The van der Waals surface area contributed by atoms with Crippen LogP contribution in [0.25, 0.3) is 11.0 Å². The van der Waals surface area contributed by atoms with Crippen molar-refractivity contribution in [1.82, 2.24) is 0 Å². The van der Waals surface area contributed by atoms with Gasteiger partial charge >= 0.3 is 12.1 Å². The van der Waals surface area contributed by atoms with E-state index < -0.39 is 23.1 Å². The van der Waals surface area contributed by atoms with Crippen LogP contribution in [0.5, 0.6) is 0 Å². The number of hydrogen-bond donors (Lipinski definition) is 1. The van der Waals surface area contributed by atoms with Gasteiger partial charge in [-0.2, -0.15) is 13.2 Å². The molecular formula is C13H11F3O3. The molecule has 102 valence electrons. The first-order valence-corrected chi connectivity index (χ1v) is 5.47. The Morgan fingerprint density at radius 1 is 1.21 bits per heavy atom. The second-order valence-electron chi connectivity index (χ2n) is 4.79. The van der Waals surface area contributed by atoms with Crippen LogP contribution in [0.15, 0.2) is 28.7 Å². The van der Waals surface area contributed by atoms with Crippen molar-refractivity contribution in [3.8, 4) is 0 Å². The van der Waals surface area contributed by atoms with Crippen molar-refractivity contribution in [2.24, 2.45) is 0 Å². The van der Waals surface area contributed by atoms with E-state index in [-0.39, 0.29) is 16.7 Å². The summed E-state index contributed by atoms with van der Waals surface area (Å²) in [6.07, 6.45) is -4.44. The van der Waals surface area contributed by atoms with Crippen molar-refractivity contribution < 1.29 is 27.5 Å². The van der Waals surface area contributed by atoms with E-state index in [0.717, 1.165) is 12.1 Å². The molecule has 1 heterocycles. The maximum Gasteiger partial charge on any atom is 0.416 e. The van der Waals surface area contributed by atoms with E-state index in [1.165, 1.54) is 26.0 Å². The van der Waals surface area contributed by atoms with Crippen LogP contribution in [0, 0.1) is 0 Å². The summed E-state index contributed by atoms with van der Waals surface area (Å²) in [5.41, 5.74) is -1.85. The van der Waals surface area contributed by atoms with Crippen molar-refractivity contribution in [1.29, 1.82) is 0 Å². The topological polar surface area (TPSA) is 50.4 Å². The second kappa shape index (κ2) is 4.01. The highest BCUT2D eigenvalue weighted by molar-refractivity contribution is 5.84. The lowest BCUT2D eigenvalue weighted by atomic mass is 9.90. The Labute approximate surface area is 106 Å². The highest BCUT2D eigenvalue weighted by Crippen LogP contribution is 2.34. The number of furan rings is 1. The minimum absolute atomic E-state index is 0.120. The van der Waals surface area contributed by atoms with Gasteiger partial charge in [-0.05, 0) is 38.1 Å². The fourth-order valence-corrected chi connectivity index (χ4v) is 1.63. The number of rotatable bonds is 2. The van der Waals surface area contributed by atoms with Gasteiger partial charge in [0, 0.05) is 5.39 Å². The van der Waals surface area contributed by atoms with Crippen LogP contribution < -0.4 is 0 Å². The molecule has 0 aliphatic rings. The van der Waals surface area contributed by atoms with Gasteiger partial charge in [0.2, 0.25) is 0 Å². The lowest BCUT2D eigenvalue weighted by Gasteiger charge is -2.15. The van der Waals surface area contributed by atoms with Gasteiger partial charge in [0.05, 0.1) is 5.56 Å². The van der Waals surface area contributed by atoms with E-state index in [1.54, 1.807) is 0 Å². The van der Waals surface area contributed by atoms with Gasteiger partial charge < -0.3 is 9.52 Å². The molecule has 1 N–H and O–H groups in total. The summed E-state index contributed by atoms with van der Waals surface area (Å²) < 4.78 is 43.0. The van der Waals surface area contributed by atoms with E-state index in [1.807, 2.05) is 0 Å². The van der Waals surface area contributed by atoms with Gasteiger partial charge in [-0.15, -0.1) is 0 Å². The van der Waals surface area contributed by atoms with Crippen molar-refractivity contribution in [2.45, 2.75) is 25.4 Å². The van der Waals surface area contributed by atoms with Crippen LogP contribution >= 0.6 is 0 Å². The molecule has 0 unspecified atom stereocenters. The summed E-state index contributed by atoms with van der Waals surface area (Å²) >= 11 is 0. The third-order valence-electron chi connectivity index (χ3n) is 2.99. The average Bonchev–Trinajstić information content (AvgIpc) is 2.70. The van der Waals surface area contributed by atoms with Crippen molar-refractivity contribution >= 4 is 16.9 Å². The van der Waals surface area contributed by atoms with Crippen molar-refractivity contribution in [2.75, 3.05) is 0 Å². The minimum Gasteiger partial charge on any atom is -0.481 e. The smallest absolute Gasteiger partial charge is 0.416 e. The summed E-state index contributed by atoms with van der Waals surface area (Å²) in [4.78, 5) is 11.1. The first-order valence-electron chi connectivity index (χ1n) is 5.47. The van der Waals surface area contributed by atoms with Gasteiger partial charge in [0.25, 0.3) is 0 Å². The highest BCUT2D eigenvalue weighted by atomic mass is 19.4. The molecule has 0 amide bonds. The Kier molecular flexibility index (Phi) is 2.84. The molecule has 0 saturated carbocycles. The molecule has 0 aliphatic carbocycles. The molecule has 0 spiro atoms. The predicted octanol–water partition coefficient (Wildman–Crippen LogP) is 3.81. The molecule has 0 radical (unpaired) electrons. The van der Waals surface area contributed by atoms with Gasteiger partial charge in [-0.3, -0.25) is 4.79 Å². The number of carbonyl (C=O) groups is 1.